The van der Waals surface area contributed by atoms with Crippen LogP contribution in [0.1, 0.15) is 23.7 Å². The summed E-state index contributed by atoms with van der Waals surface area (Å²) < 4.78 is 0. The summed E-state index contributed by atoms with van der Waals surface area (Å²) in [4.78, 5) is 22.6. The summed E-state index contributed by atoms with van der Waals surface area (Å²) in [5.74, 6) is -1.36. The molecule has 20 heavy (non-hydrogen) atoms. The summed E-state index contributed by atoms with van der Waals surface area (Å²) in [5, 5.41) is 14.8. The van der Waals surface area contributed by atoms with Gasteiger partial charge in [0.2, 0.25) is 5.91 Å². The summed E-state index contributed by atoms with van der Waals surface area (Å²) in [6, 6.07) is 4.29. The van der Waals surface area contributed by atoms with Crippen LogP contribution >= 0.6 is 11.6 Å². The molecule has 0 fully saturated rings. The number of aromatic carboxylic acids is 1. The van der Waals surface area contributed by atoms with E-state index < -0.39 is 5.97 Å². The van der Waals surface area contributed by atoms with Crippen molar-refractivity contribution in [3.8, 4) is 0 Å². The minimum atomic E-state index is -1.07. The van der Waals surface area contributed by atoms with Crippen molar-refractivity contribution < 1.29 is 14.7 Å². The van der Waals surface area contributed by atoms with Gasteiger partial charge in [-0.15, -0.1) is 6.58 Å². The van der Waals surface area contributed by atoms with Crippen LogP contribution in [0.3, 0.4) is 0 Å². The highest BCUT2D eigenvalue weighted by Gasteiger charge is 2.10. The zero-order chi connectivity index (χ0) is 15.1. The average Bonchev–Trinajstić information content (AvgIpc) is 2.39. The first-order valence-corrected chi connectivity index (χ1v) is 6.48. The van der Waals surface area contributed by atoms with E-state index >= 15 is 0 Å². The highest BCUT2D eigenvalue weighted by Crippen LogP contribution is 2.22. The van der Waals surface area contributed by atoms with Crippen molar-refractivity contribution in [3.63, 3.8) is 0 Å². The lowest BCUT2D eigenvalue weighted by atomic mass is 10.2. The van der Waals surface area contributed by atoms with E-state index in [2.05, 4.69) is 17.2 Å². The Bertz CT molecular complexity index is 517. The molecule has 0 aliphatic rings. The highest BCUT2D eigenvalue weighted by molar-refractivity contribution is 6.33. The Morgan fingerprint density at radius 1 is 1.50 bits per heavy atom. The summed E-state index contributed by atoms with van der Waals surface area (Å²) in [6.45, 7) is 5.67. The molecule has 1 rings (SSSR count). The number of carboxylic acids is 1. The van der Waals surface area contributed by atoms with Gasteiger partial charge in [-0.1, -0.05) is 17.7 Å². The molecule has 1 atom stereocenters. The Labute approximate surface area is 122 Å². The van der Waals surface area contributed by atoms with Gasteiger partial charge in [0.1, 0.15) is 0 Å². The molecule has 108 valence electrons. The molecule has 0 aliphatic carbocycles. The fourth-order valence-corrected chi connectivity index (χ4v) is 1.71. The Morgan fingerprint density at radius 3 is 2.80 bits per heavy atom. The number of hydrogen-bond acceptors (Lipinski definition) is 3. The standard InChI is InChI=1S/C14H17ClN2O3/c1-3-4-9(2)16-8-13(18)17-12-7-10(14(19)20)5-6-11(12)15/h3,5-7,9,16H,1,4,8H2,2H3,(H,17,18)(H,19,20). The number of benzene rings is 1. The van der Waals surface area contributed by atoms with Crippen LogP contribution in [-0.4, -0.2) is 29.6 Å². The number of carbonyl (C=O) groups is 2. The Hall–Kier alpha value is -1.85. The molecular formula is C14H17ClN2O3. The van der Waals surface area contributed by atoms with Gasteiger partial charge in [0.05, 0.1) is 22.8 Å². The number of rotatable bonds is 7. The molecule has 1 aromatic carbocycles. The van der Waals surface area contributed by atoms with Crippen molar-refractivity contribution in [2.24, 2.45) is 0 Å². The fraction of sp³-hybridized carbons (Fsp3) is 0.286. The zero-order valence-corrected chi connectivity index (χ0v) is 11.9. The minimum Gasteiger partial charge on any atom is -0.478 e. The number of halogens is 1. The predicted molar refractivity (Wildman–Crippen MR) is 79.3 cm³/mol. The molecule has 0 aliphatic heterocycles. The van der Waals surface area contributed by atoms with Gasteiger partial charge in [-0.05, 0) is 31.5 Å². The van der Waals surface area contributed by atoms with E-state index in [9.17, 15) is 9.59 Å². The second-order valence-electron chi connectivity index (χ2n) is 4.35. The first-order chi connectivity index (χ1) is 9.43. The second kappa shape index (κ2) is 7.67. The van der Waals surface area contributed by atoms with E-state index in [4.69, 9.17) is 16.7 Å². The zero-order valence-electron chi connectivity index (χ0n) is 11.1. The van der Waals surface area contributed by atoms with Crippen LogP contribution in [0.5, 0.6) is 0 Å². The number of amides is 1. The Kier molecular flexibility index (Phi) is 6.21. The molecule has 6 heteroatoms. The fourth-order valence-electron chi connectivity index (χ4n) is 1.55. The number of carbonyl (C=O) groups excluding carboxylic acids is 1. The molecule has 3 N–H and O–H groups in total. The summed E-state index contributed by atoms with van der Waals surface area (Å²) in [7, 11) is 0. The SMILES string of the molecule is C=CCC(C)NCC(=O)Nc1cc(C(=O)O)ccc1Cl. The third kappa shape index (κ3) is 5.03. The topological polar surface area (TPSA) is 78.4 Å². The highest BCUT2D eigenvalue weighted by atomic mass is 35.5. The normalized spacial score (nSPS) is 11.7. The molecule has 0 saturated carbocycles. The van der Waals surface area contributed by atoms with E-state index in [1.165, 1.54) is 18.2 Å². The maximum absolute atomic E-state index is 11.7. The van der Waals surface area contributed by atoms with Gasteiger partial charge < -0.3 is 15.7 Å². The van der Waals surface area contributed by atoms with Crippen LogP contribution in [0.25, 0.3) is 0 Å². The molecule has 0 spiro atoms. The molecular weight excluding hydrogens is 280 g/mol. The number of carboxylic acid groups (broad SMARTS) is 1. The second-order valence-corrected chi connectivity index (χ2v) is 4.76. The van der Waals surface area contributed by atoms with Crippen molar-refractivity contribution in [2.75, 3.05) is 11.9 Å². The largest absolute Gasteiger partial charge is 0.478 e. The van der Waals surface area contributed by atoms with E-state index in [0.29, 0.717) is 5.02 Å². The smallest absolute Gasteiger partial charge is 0.335 e. The molecule has 0 saturated heterocycles. The third-order valence-corrected chi connectivity index (χ3v) is 2.95. The van der Waals surface area contributed by atoms with Crippen LogP contribution in [0, 0.1) is 0 Å². The molecule has 1 unspecified atom stereocenters. The van der Waals surface area contributed by atoms with Crippen molar-refractivity contribution in [3.05, 3.63) is 41.4 Å². The molecule has 1 aromatic rings. The predicted octanol–water partition coefficient (Wildman–Crippen LogP) is 2.53. The molecule has 0 heterocycles. The number of anilines is 1. The average molecular weight is 297 g/mol. The maximum atomic E-state index is 11.7. The van der Waals surface area contributed by atoms with Crippen LogP contribution in [0.4, 0.5) is 5.69 Å². The van der Waals surface area contributed by atoms with E-state index in [1.807, 2.05) is 6.92 Å². The van der Waals surface area contributed by atoms with Gasteiger partial charge in [0.25, 0.3) is 0 Å². The number of hydrogen-bond donors (Lipinski definition) is 3. The maximum Gasteiger partial charge on any atom is 0.335 e. The lowest BCUT2D eigenvalue weighted by Gasteiger charge is -2.12. The van der Waals surface area contributed by atoms with E-state index in [1.54, 1.807) is 6.08 Å². The number of nitrogens with one attached hydrogen (secondary N) is 2. The Morgan fingerprint density at radius 2 is 2.20 bits per heavy atom. The molecule has 1 amide bonds. The van der Waals surface area contributed by atoms with Gasteiger partial charge in [-0.3, -0.25) is 4.79 Å². The first-order valence-electron chi connectivity index (χ1n) is 6.11. The van der Waals surface area contributed by atoms with Gasteiger partial charge in [0, 0.05) is 6.04 Å². The van der Waals surface area contributed by atoms with Gasteiger partial charge in [0.15, 0.2) is 0 Å². The Balaban J connectivity index is 2.63. The molecule has 0 bridgehead atoms. The summed E-state index contributed by atoms with van der Waals surface area (Å²) >= 11 is 5.92. The van der Waals surface area contributed by atoms with Crippen molar-refractivity contribution >= 4 is 29.2 Å². The van der Waals surface area contributed by atoms with Gasteiger partial charge >= 0.3 is 5.97 Å². The van der Waals surface area contributed by atoms with E-state index in [0.717, 1.165) is 6.42 Å². The van der Waals surface area contributed by atoms with Crippen molar-refractivity contribution in [2.45, 2.75) is 19.4 Å². The lowest BCUT2D eigenvalue weighted by molar-refractivity contribution is -0.115. The van der Waals surface area contributed by atoms with Crippen LogP contribution in [0.2, 0.25) is 5.02 Å². The van der Waals surface area contributed by atoms with Crippen LogP contribution in [-0.2, 0) is 4.79 Å². The lowest BCUT2D eigenvalue weighted by Crippen LogP contribution is -2.34. The van der Waals surface area contributed by atoms with Crippen molar-refractivity contribution in [1.82, 2.24) is 5.32 Å². The third-order valence-electron chi connectivity index (χ3n) is 2.62. The monoisotopic (exact) mass is 296 g/mol. The van der Waals surface area contributed by atoms with E-state index in [-0.39, 0.29) is 29.7 Å². The van der Waals surface area contributed by atoms with Gasteiger partial charge in [-0.25, -0.2) is 4.79 Å². The van der Waals surface area contributed by atoms with Crippen LogP contribution < -0.4 is 10.6 Å². The minimum absolute atomic E-state index is 0.0673. The molecule has 0 aromatic heterocycles. The van der Waals surface area contributed by atoms with Crippen LogP contribution in [0.15, 0.2) is 30.9 Å². The summed E-state index contributed by atoms with van der Waals surface area (Å²) in [5.41, 5.74) is 0.354. The first kappa shape index (κ1) is 16.2. The van der Waals surface area contributed by atoms with Crippen molar-refractivity contribution in [1.29, 1.82) is 0 Å². The molecule has 0 radical (unpaired) electrons. The van der Waals surface area contributed by atoms with Gasteiger partial charge in [-0.2, -0.15) is 0 Å². The molecule has 5 nitrogen and oxygen atoms in total. The summed E-state index contributed by atoms with van der Waals surface area (Å²) in [6.07, 6.45) is 2.52. The quantitative estimate of drug-likeness (QED) is 0.676.